The highest BCUT2D eigenvalue weighted by Crippen LogP contribution is 2.03. The first-order valence-corrected chi connectivity index (χ1v) is 5.66. The molecule has 0 amide bonds. The van der Waals surface area contributed by atoms with Crippen molar-refractivity contribution in [3.8, 4) is 11.8 Å². The van der Waals surface area contributed by atoms with Gasteiger partial charge in [0.25, 0.3) is 0 Å². The topological polar surface area (TPSA) is 0 Å². The monoisotopic (exact) mass is 179 g/mol. The molecule has 0 fully saturated rings. The first-order chi connectivity index (χ1) is 6.41. The van der Waals surface area contributed by atoms with E-state index in [4.69, 9.17) is 0 Å². The average molecular weight is 179 g/mol. The summed E-state index contributed by atoms with van der Waals surface area (Å²) < 4.78 is 0. The lowest BCUT2D eigenvalue weighted by atomic mass is 10.1. The Kier molecular flexibility index (Phi) is 11.2. The second kappa shape index (κ2) is 11.6. The molecule has 0 aliphatic rings. The third-order valence-electron chi connectivity index (χ3n) is 2.08. The Morgan fingerprint density at radius 3 is 2.08 bits per heavy atom. The van der Waals surface area contributed by atoms with Gasteiger partial charge in [-0.15, -0.1) is 11.8 Å². The van der Waals surface area contributed by atoms with Gasteiger partial charge >= 0.3 is 0 Å². The Morgan fingerprint density at radius 2 is 1.46 bits per heavy atom. The zero-order chi connectivity index (χ0) is 9.78. The van der Waals surface area contributed by atoms with Crippen LogP contribution in [0, 0.1) is 18.8 Å². The quantitative estimate of drug-likeness (QED) is 0.402. The van der Waals surface area contributed by atoms with Crippen LogP contribution in [-0.2, 0) is 0 Å². The van der Waals surface area contributed by atoms with E-state index in [1.807, 2.05) is 0 Å². The van der Waals surface area contributed by atoms with Crippen molar-refractivity contribution in [2.45, 2.75) is 64.7 Å². The smallest absolute Gasteiger partial charge is 0.00886 e. The van der Waals surface area contributed by atoms with Crippen LogP contribution in [0.15, 0.2) is 0 Å². The lowest BCUT2D eigenvalue weighted by Crippen LogP contribution is -1.76. The van der Waals surface area contributed by atoms with Crippen LogP contribution in [0.5, 0.6) is 0 Å². The maximum absolute atomic E-state index is 3.83. The molecule has 0 aromatic rings. The van der Waals surface area contributed by atoms with E-state index in [9.17, 15) is 0 Å². The maximum Gasteiger partial charge on any atom is 0.00886 e. The van der Waals surface area contributed by atoms with E-state index in [2.05, 4.69) is 25.7 Å². The highest BCUT2D eigenvalue weighted by atomic mass is 13.9. The Bertz CT molecular complexity index is 136. The SMILES string of the molecule is [CH2]CCCCCCC#CCCCC. The van der Waals surface area contributed by atoms with Gasteiger partial charge < -0.3 is 0 Å². The summed E-state index contributed by atoms with van der Waals surface area (Å²) in [6, 6.07) is 0. The number of hydrogen-bond acceptors (Lipinski definition) is 0. The molecule has 0 N–H and O–H groups in total. The lowest BCUT2D eigenvalue weighted by Gasteiger charge is -1.94. The lowest BCUT2D eigenvalue weighted by molar-refractivity contribution is 0.655. The summed E-state index contributed by atoms with van der Waals surface area (Å²) in [6.07, 6.45) is 11.0. The van der Waals surface area contributed by atoms with Gasteiger partial charge in [-0.3, -0.25) is 0 Å². The molecule has 0 saturated carbocycles. The number of hydrogen-bond donors (Lipinski definition) is 0. The molecular formula is C13H23. The van der Waals surface area contributed by atoms with E-state index in [0.29, 0.717) is 0 Å². The Balaban J connectivity index is 2.99. The van der Waals surface area contributed by atoms with Crippen LogP contribution >= 0.6 is 0 Å². The van der Waals surface area contributed by atoms with Crippen molar-refractivity contribution in [1.82, 2.24) is 0 Å². The molecule has 0 heteroatoms. The van der Waals surface area contributed by atoms with Crippen LogP contribution in [0.25, 0.3) is 0 Å². The summed E-state index contributed by atoms with van der Waals surface area (Å²) >= 11 is 0. The van der Waals surface area contributed by atoms with Crippen molar-refractivity contribution < 1.29 is 0 Å². The van der Waals surface area contributed by atoms with E-state index in [0.717, 1.165) is 19.3 Å². The van der Waals surface area contributed by atoms with Gasteiger partial charge in [-0.1, -0.05) is 46.0 Å². The van der Waals surface area contributed by atoms with Gasteiger partial charge in [-0.05, 0) is 12.8 Å². The summed E-state index contributed by atoms with van der Waals surface area (Å²) in [5.74, 6) is 6.45. The molecule has 0 aromatic carbocycles. The average Bonchev–Trinajstić information content (AvgIpc) is 2.16. The van der Waals surface area contributed by atoms with Crippen LogP contribution in [0.3, 0.4) is 0 Å². The molecule has 0 aromatic heterocycles. The molecule has 1 radical (unpaired) electrons. The Morgan fingerprint density at radius 1 is 0.846 bits per heavy atom. The van der Waals surface area contributed by atoms with E-state index < -0.39 is 0 Å². The maximum atomic E-state index is 3.83. The van der Waals surface area contributed by atoms with Crippen LogP contribution in [0.4, 0.5) is 0 Å². The van der Waals surface area contributed by atoms with Crippen LogP contribution in [0.2, 0.25) is 0 Å². The van der Waals surface area contributed by atoms with Crippen LogP contribution < -0.4 is 0 Å². The summed E-state index contributed by atoms with van der Waals surface area (Å²) in [5, 5.41) is 0. The van der Waals surface area contributed by atoms with Crippen LogP contribution in [0.1, 0.15) is 64.7 Å². The summed E-state index contributed by atoms with van der Waals surface area (Å²) in [7, 11) is 0. The molecule has 0 rings (SSSR count). The summed E-state index contributed by atoms with van der Waals surface area (Å²) in [5.41, 5.74) is 0. The fraction of sp³-hybridized carbons (Fsp3) is 0.769. The first kappa shape index (κ1) is 12.6. The zero-order valence-corrected chi connectivity index (χ0v) is 9.07. The normalized spacial score (nSPS) is 9.38. The van der Waals surface area contributed by atoms with E-state index in [1.54, 1.807) is 0 Å². The fourth-order valence-corrected chi connectivity index (χ4v) is 1.19. The summed E-state index contributed by atoms with van der Waals surface area (Å²) in [4.78, 5) is 0. The minimum absolute atomic E-state index is 1.09. The molecular weight excluding hydrogens is 156 g/mol. The van der Waals surface area contributed by atoms with Gasteiger partial charge in [0.1, 0.15) is 0 Å². The molecule has 0 nitrogen and oxygen atoms in total. The predicted octanol–water partition coefficient (Wildman–Crippen LogP) is 4.35. The number of rotatable bonds is 7. The van der Waals surface area contributed by atoms with E-state index in [1.165, 1.54) is 38.5 Å². The van der Waals surface area contributed by atoms with Gasteiger partial charge in [0, 0.05) is 12.8 Å². The largest absolute Gasteiger partial charge is 0.103 e. The van der Waals surface area contributed by atoms with Gasteiger partial charge in [-0.2, -0.15) is 0 Å². The highest BCUT2D eigenvalue weighted by Gasteiger charge is 1.85. The highest BCUT2D eigenvalue weighted by molar-refractivity contribution is 4.98. The molecule has 0 saturated heterocycles. The Labute approximate surface area is 84.1 Å². The van der Waals surface area contributed by atoms with Gasteiger partial charge in [-0.25, -0.2) is 0 Å². The van der Waals surface area contributed by atoms with Gasteiger partial charge in [0.15, 0.2) is 0 Å². The molecule has 13 heavy (non-hydrogen) atoms. The molecule has 0 atom stereocenters. The van der Waals surface area contributed by atoms with Crippen molar-refractivity contribution in [2.75, 3.05) is 0 Å². The van der Waals surface area contributed by atoms with Crippen molar-refractivity contribution in [2.24, 2.45) is 0 Å². The van der Waals surface area contributed by atoms with Crippen molar-refractivity contribution in [1.29, 1.82) is 0 Å². The van der Waals surface area contributed by atoms with Gasteiger partial charge in [0.2, 0.25) is 0 Å². The molecule has 0 aliphatic heterocycles. The Hall–Kier alpha value is -0.440. The number of unbranched alkanes of at least 4 members (excludes halogenated alkanes) is 7. The molecule has 0 aliphatic carbocycles. The summed E-state index contributed by atoms with van der Waals surface area (Å²) in [6.45, 7) is 6.03. The second-order valence-corrected chi connectivity index (χ2v) is 3.47. The molecule has 75 valence electrons. The third kappa shape index (κ3) is 11.6. The third-order valence-corrected chi connectivity index (χ3v) is 2.08. The first-order valence-electron chi connectivity index (χ1n) is 5.66. The molecule has 0 spiro atoms. The standard InChI is InChI=1S/C13H23/c1-3-5-7-9-11-13-12-10-8-6-4-2/h1,3-9,11,13H2,2H3. The zero-order valence-electron chi connectivity index (χ0n) is 9.07. The van der Waals surface area contributed by atoms with Crippen molar-refractivity contribution in [3.05, 3.63) is 6.92 Å². The second-order valence-electron chi connectivity index (χ2n) is 3.47. The van der Waals surface area contributed by atoms with Crippen molar-refractivity contribution >= 4 is 0 Å². The fourth-order valence-electron chi connectivity index (χ4n) is 1.19. The minimum Gasteiger partial charge on any atom is -0.103 e. The minimum atomic E-state index is 1.09. The molecule has 0 bridgehead atoms. The predicted molar refractivity (Wildman–Crippen MR) is 60.4 cm³/mol. The van der Waals surface area contributed by atoms with E-state index in [-0.39, 0.29) is 0 Å². The molecule has 0 unspecified atom stereocenters. The molecule has 0 heterocycles. The van der Waals surface area contributed by atoms with Gasteiger partial charge in [0.05, 0.1) is 0 Å². The van der Waals surface area contributed by atoms with E-state index >= 15 is 0 Å². The van der Waals surface area contributed by atoms with Crippen molar-refractivity contribution in [3.63, 3.8) is 0 Å². The van der Waals surface area contributed by atoms with Crippen LogP contribution in [-0.4, -0.2) is 0 Å².